The van der Waals surface area contributed by atoms with Crippen molar-refractivity contribution in [3.63, 3.8) is 0 Å². The van der Waals surface area contributed by atoms with Crippen LogP contribution in [-0.2, 0) is 14.3 Å². The van der Waals surface area contributed by atoms with E-state index in [1.54, 1.807) is 0 Å². The monoisotopic (exact) mass is 424 g/mol. The minimum Gasteiger partial charge on any atom is -0.481 e. The van der Waals surface area contributed by atoms with Crippen molar-refractivity contribution in [2.45, 2.75) is 136 Å². The number of hydrogen-bond acceptors (Lipinski definition) is 3. The first-order valence-electron chi connectivity index (χ1n) is 12.9. The second-order valence-corrected chi connectivity index (χ2v) is 9.89. The van der Waals surface area contributed by atoms with E-state index in [2.05, 4.69) is 20.8 Å². The topological polar surface area (TPSA) is 63.6 Å². The fraction of sp³-hybridized carbons (Fsp3) is 0.923. The van der Waals surface area contributed by atoms with Crippen LogP contribution in [0.1, 0.15) is 130 Å². The number of hydrogen-bond donors (Lipinski definition) is 1. The molecule has 1 N–H and O–H groups in total. The number of aliphatic carboxylic acids is 1. The lowest BCUT2D eigenvalue weighted by Gasteiger charge is -2.27. The normalized spacial score (nSPS) is 20.3. The summed E-state index contributed by atoms with van der Waals surface area (Å²) in [6.45, 7) is 6.79. The van der Waals surface area contributed by atoms with E-state index < -0.39 is 5.97 Å². The smallest absolute Gasteiger partial charge is 0.309 e. The van der Waals surface area contributed by atoms with E-state index in [4.69, 9.17) is 9.84 Å². The van der Waals surface area contributed by atoms with E-state index in [9.17, 15) is 9.59 Å². The molecule has 30 heavy (non-hydrogen) atoms. The Morgan fingerprint density at radius 3 is 1.73 bits per heavy atom. The molecule has 4 heteroatoms. The maximum absolute atomic E-state index is 12.6. The van der Waals surface area contributed by atoms with Crippen LogP contribution in [0.3, 0.4) is 0 Å². The fourth-order valence-electron chi connectivity index (χ4n) is 4.53. The number of rotatable bonds is 17. The Morgan fingerprint density at radius 2 is 1.23 bits per heavy atom. The van der Waals surface area contributed by atoms with Gasteiger partial charge in [0.25, 0.3) is 0 Å². The zero-order valence-corrected chi connectivity index (χ0v) is 20.0. The molecule has 1 aliphatic rings. The molecule has 1 atom stereocenters. The van der Waals surface area contributed by atoms with Crippen LogP contribution in [-0.4, -0.2) is 23.1 Å². The van der Waals surface area contributed by atoms with Crippen molar-refractivity contribution < 1.29 is 19.4 Å². The van der Waals surface area contributed by atoms with Crippen molar-refractivity contribution in [3.05, 3.63) is 0 Å². The minimum absolute atomic E-state index is 0.0484. The summed E-state index contributed by atoms with van der Waals surface area (Å²) in [5, 5.41) is 9.14. The van der Waals surface area contributed by atoms with Gasteiger partial charge in [0.2, 0.25) is 0 Å². The van der Waals surface area contributed by atoms with Crippen LogP contribution in [0.25, 0.3) is 0 Å². The van der Waals surface area contributed by atoms with E-state index in [1.165, 1.54) is 57.8 Å². The maximum Gasteiger partial charge on any atom is 0.309 e. The van der Waals surface area contributed by atoms with Crippen molar-refractivity contribution in [2.75, 3.05) is 0 Å². The van der Waals surface area contributed by atoms with E-state index >= 15 is 0 Å². The highest BCUT2D eigenvalue weighted by Crippen LogP contribution is 2.30. The van der Waals surface area contributed by atoms with Crippen molar-refractivity contribution in [3.8, 4) is 0 Å². The summed E-state index contributed by atoms with van der Waals surface area (Å²) < 4.78 is 5.93. The molecule has 0 spiro atoms. The Labute approximate surface area is 185 Å². The predicted molar refractivity (Wildman–Crippen MR) is 123 cm³/mol. The molecule has 0 aromatic rings. The molecule has 0 heterocycles. The first kappa shape index (κ1) is 27.0. The van der Waals surface area contributed by atoms with Gasteiger partial charge in [-0.2, -0.15) is 0 Å². The molecule has 1 saturated carbocycles. The van der Waals surface area contributed by atoms with Gasteiger partial charge in [-0.05, 0) is 57.3 Å². The van der Waals surface area contributed by atoms with Crippen LogP contribution >= 0.6 is 0 Å². The first-order chi connectivity index (χ1) is 14.4. The van der Waals surface area contributed by atoms with Crippen molar-refractivity contribution in [1.29, 1.82) is 0 Å². The van der Waals surface area contributed by atoms with Gasteiger partial charge >= 0.3 is 11.9 Å². The largest absolute Gasteiger partial charge is 0.481 e. The highest BCUT2D eigenvalue weighted by Gasteiger charge is 2.31. The third-order valence-corrected chi connectivity index (χ3v) is 6.63. The molecule has 0 bridgehead atoms. The molecule has 0 amide bonds. The average molecular weight is 425 g/mol. The molecule has 4 nitrogen and oxygen atoms in total. The molecule has 1 fully saturated rings. The molecule has 1 aliphatic carbocycles. The predicted octanol–water partition coefficient (Wildman–Crippen LogP) is 7.54. The number of carbonyl (C=O) groups is 2. The Balaban J connectivity index is 2.25. The quantitative estimate of drug-likeness (QED) is 0.193. The third-order valence-electron chi connectivity index (χ3n) is 6.63. The van der Waals surface area contributed by atoms with Gasteiger partial charge in [0.15, 0.2) is 0 Å². The summed E-state index contributed by atoms with van der Waals surface area (Å²) in [5.41, 5.74) is 0. The Hall–Kier alpha value is -1.06. The highest BCUT2D eigenvalue weighted by atomic mass is 16.5. The molecule has 0 aliphatic heterocycles. The number of carboxylic acid groups (broad SMARTS) is 1. The maximum atomic E-state index is 12.6. The van der Waals surface area contributed by atoms with Gasteiger partial charge in [-0.3, -0.25) is 9.59 Å². The Bertz CT molecular complexity index is 452. The molecule has 0 aromatic carbocycles. The van der Waals surface area contributed by atoms with Gasteiger partial charge in [-0.15, -0.1) is 0 Å². The van der Waals surface area contributed by atoms with E-state index in [0.717, 1.165) is 31.6 Å². The van der Waals surface area contributed by atoms with Crippen LogP contribution in [0.15, 0.2) is 0 Å². The van der Waals surface area contributed by atoms with Gasteiger partial charge in [0, 0.05) is 0 Å². The van der Waals surface area contributed by atoms with E-state index in [0.29, 0.717) is 25.7 Å². The second kappa shape index (κ2) is 16.6. The summed E-state index contributed by atoms with van der Waals surface area (Å²) in [7, 11) is 0. The number of carboxylic acids is 1. The van der Waals surface area contributed by atoms with Crippen LogP contribution in [0.4, 0.5) is 0 Å². The zero-order valence-electron chi connectivity index (χ0n) is 20.0. The van der Waals surface area contributed by atoms with Crippen molar-refractivity contribution in [2.24, 2.45) is 17.8 Å². The average Bonchev–Trinajstić information content (AvgIpc) is 2.72. The highest BCUT2D eigenvalue weighted by molar-refractivity contribution is 5.74. The zero-order chi connectivity index (χ0) is 22.2. The lowest BCUT2D eigenvalue weighted by molar-refractivity contribution is -0.158. The molecule has 1 unspecified atom stereocenters. The van der Waals surface area contributed by atoms with Crippen LogP contribution in [0, 0.1) is 17.8 Å². The molecule has 1 rings (SSSR count). The van der Waals surface area contributed by atoms with Gasteiger partial charge in [0.05, 0.1) is 11.8 Å². The summed E-state index contributed by atoms with van der Waals surface area (Å²) in [4.78, 5) is 23.7. The van der Waals surface area contributed by atoms with Crippen LogP contribution in [0.2, 0.25) is 0 Å². The lowest BCUT2D eigenvalue weighted by atomic mass is 9.82. The molecule has 0 aromatic heterocycles. The lowest BCUT2D eigenvalue weighted by Crippen LogP contribution is -2.29. The molecular weight excluding hydrogens is 376 g/mol. The summed E-state index contributed by atoms with van der Waals surface area (Å²) >= 11 is 0. The van der Waals surface area contributed by atoms with E-state index in [-0.39, 0.29) is 23.9 Å². The molecule has 0 saturated heterocycles. The molecular formula is C26H48O4. The van der Waals surface area contributed by atoms with Crippen molar-refractivity contribution >= 4 is 11.9 Å². The fourth-order valence-corrected chi connectivity index (χ4v) is 4.53. The Kier molecular flexibility index (Phi) is 14.9. The van der Waals surface area contributed by atoms with Crippen LogP contribution < -0.4 is 0 Å². The second-order valence-electron chi connectivity index (χ2n) is 9.89. The van der Waals surface area contributed by atoms with Gasteiger partial charge in [-0.1, -0.05) is 78.6 Å². The van der Waals surface area contributed by atoms with Gasteiger partial charge in [-0.25, -0.2) is 0 Å². The first-order valence-corrected chi connectivity index (χ1v) is 12.9. The standard InChI is InChI=1S/C26H48O4/c1-4-5-11-15-24(16-13-10-8-6-7-9-12-14-21(2)3)30-26(29)23-19-17-22(18-20-23)25(27)28/h21-24H,4-20H2,1-3H3,(H,27,28). The number of esters is 1. The Morgan fingerprint density at radius 1 is 0.767 bits per heavy atom. The van der Waals surface area contributed by atoms with Crippen molar-refractivity contribution in [1.82, 2.24) is 0 Å². The van der Waals surface area contributed by atoms with Gasteiger partial charge < -0.3 is 9.84 Å². The summed E-state index contributed by atoms with van der Waals surface area (Å²) in [5.74, 6) is -0.353. The molecule has 176 valence electrons. The third kappa shape index (κ3) is 12.6. The summed E-state index contributed by atoms with van der Waals surface area (Å²) in [6.07, 6.45) is 18.4. The summed E-state index contributed by atoms with van der Waals surface area (Å²) in [6, 6.07) is 0. The number of unbranched alkanes of at least 4 members (excludes halogenated alkanes) is 8. The van der Waals surface area contributed by atoms with Gasteiger partial charge in [0.1, 0.15) is 6.10 Å². The van der Waals surface area contributed by atoms with Crippen LogP contribution in [0.5, 0.6) is 0 Å². The van der Waals surface area contributed by atoms with E-state index in [1.807, 2.05) is 0 Å². The minimum atomic E-state index is -0.723. The molecule has 0 radical (unpaired) electrons. The number of carbonyl (C=O) groups excluding carboxylic acids is 1. The SMILES string of the molecule is CCCCCC(CCCCCCCCCC(C)C)OC(=O)C1CCC(C(=O)O)CC1. The number of ether oxygens (including phenoxy) is 1.